The van der Waals surface area contributed by atoms with Gasteiger partial charge in [0.15, 0.2) is 0 Å². The topological polar surface area (TPSA) is 104 Å². The van der Waals surface area contributed by atoms with Crippen LogP contribution in [-0.2, 0) is 16.0 Å². The van der Waals surface area contributed by atoms with Gasteiger partial charge in [-0.2, -0.15) is 0 Å². The summed E-state index contributed by atoms with van der Waals surface area (Å²) in [5.41, 5.74) is 3.14. The number of H-pyrrole nitrogens is 1. The summed E-state index contributed by atoms with van der Waals surface area (Å²) in [4.78, 5) is 32.0. The Morgan fingerprint density at radius 1 is 1.15 bits per heavy atom. The summed E-state index contributed by atoms with van der Waals surface area (Å²) in [6, 6.07) is 12.0. The van der Waals surface area contributed by atoms with Crippen LogP contribution in [0.4, 0.5) is 4.39 Å². The van der Waals surface area contributed by atoms with E-state index in [1.807, 2.05) is 48.7 Å². The van der Waals surface area contributed by atoms with E-state index in [9.17, 15) is 14.0 Å². The Labute approximate surface area is 191 Å². The van der Waals surface area contributed by atoms with Gasteiger partial charge in [-0.25, -0.2) is 4.39 Å². The number of nitrogens with one attached hydrogen (secondary N) is 2. The average Bonchev–Trinajstić information content (AvgIpc) is 3.47. The molecule has 8 nitrogen and oxygen atoms in total. The van der Waals surface area contributed by atoms with E-state index in [1.165, 1.54) is 11.1 Å². The Balaban J connectivity index is 1.56. The van der Waals surface area contributed by atoms with Crippen molar-refractivity contribution in [1.29, 1.82) is 0 Å². The Hall–Kier alpha value is -3.62. The molecule has 2 amide bonds. The van der Waals surface area contributed by atoms with Crippen molar-refractivity contribution in [3.05, 3.63) is 77.4 Å². The molecule has 33 heavy (non-hydrogen) atoms. The summed E-state index contributed by atoms with van der Waals surface area (Å²) in [7, 11) is 0. The minimum absolute atomic E-state index is 0.0240. The van der Waals surface area contributed by atoms with Gasteiger partial charge in [-0.1, -0.05) is 55.5 Å². The van der Waals surface area contributed by atoms with Gasteiger partial charge < -0.3 is 10.2 Å². The van der Waals surface area contributed by atoms with Crippen LogP contribution in [0.1, 0.15) is 54.7 Å². The third-order valence-corrected chi connectivity index (χ3v) is 5.87. The molecule has 2 N–H and O–H groups in total. The minimum atomic E-state index is -1.26. The molecule has 0 saturated carbocycles. The fraction of sp³-hybridized carbons (Fsp3) is 0.375. The zero-order valence-corrected chi connectivity index (χ0v) is 18.6. The number of pyridine rings is 1. The first kappa shape index (κ1) is 22.6. The number of alkyl halides is 1. The Bertz CT molecular complexity index is 1070. The molecule has 3 heterocycles. The second-order valence-electron chi connectivity index (χ2n) is 8.58. The number of aromatic amines is 1. The number of aromatic nitrogens is 4. The summed E-state index contributed by atoms with van der Waals surface area (Å²) in [6.07, 6.45) is 1.92. The zero-order valence-electron chi connectivity index (χ0n) is 18.6. The fourth-order valence-corrected chi connectivity index (χ4v) is 4.02. The highest BCUT2D eigenvalue weighted by molar-refractivity contribution is 5.89. The monoisotopic (exact) mass is 450 g/mol. The van der Waals surface area contributed by atoms with Crippen molar-refractivity contribution in [3.63, 3.8) is 0 Å². The molecule has 0 radical (unpaired) electrons. The number of halogens is 1. The molecule has 3 atom stereocenters. The van der Waals surface area contributed by atoms with Gasteiger partial charge in [0, 0.05) is 12.6 Å². The van der Waals surface area contributed by atoms with Crippen LogP contribution in [0.5, 0.6) is 0 Å². The summed E-state index contributed by atoms with van der Waals surface area (Å²) in [5, 5.41) is 12.9. The van der Waals surface area contributed by atoms with Gasteiger partial charge >= 0.3 is 0 Å². The first-order chi connectivity index (χ1) is 15.9. The molecule has 1 saturated heterocycles. The van der Waals surface area contributed by atoms with Crippen LogP contribution in [-0.4, -0.2) is 55.9 Å². The largest absolute Gasteiger partial charge is 0.342 e. The van der Waals surface area contributed by atoms with Crippen molar-refractivity contribution in [2.45, 2.75) is 50.9 Å². The molecule has 0 spiro atoms. The number of rotatable bonds is 7. The number of carbonyl (C=O) groups is 2. The SMILES string of the molecule is CC(C)c1ccc([C@@H](NC(=O)[C@@H]2C[C@@H](F)CN2C(=O)Cc2cnn[nH]2)c2ccccc2)nc1. The van der Waals surface area contributed by atoms with Crippen molar-refractivity contribution in [2.24, 2.45) is 0 Å². The Morgan fingerprint density at radius 2 is 1.94 bits per heavy atom. The Kier molecular flexibility index (Phi) is 6.76. The van der Waals surface area contributed by atoms with E-state index >= 15 is 0 Å². The standard InChI is InChI=1S/C24H27FN6O2/c1-15(2)17-8-9-20(26-12-17)23(16-6-4-3-5-7-16)28-24(33)21-10-18(25)14-31(21)22(32)11-19-13-27-30-29-19/h3-9,12-13,15,18,21,23H,10-11,14H2,1-2H3,(H,28,33)(H,27,29,30)/t18-,21+,23+/m1/s1. The van der Waals surface area contributed by atoms with E-state index in [-0.39, 0.29) is 25.3 Å². The van der Waals surface area contributed by atoms with Gasteiger partial charge in [0.05, 0.1) is 36.6 Å². The van der Waals surface area contributed by atoms with Gasteiger partial charge in [-0.3, -0.25) is 19.7 Å². The van der Waals surface area contributed by atoms with Gasteiger partial charge in [0.1, 0.15) is 12.2 Å². The van der Waals surface area contributed by atoms with Crippen LogP contribution in [0.15, 0.2) is 54.9 Å². The van der Waals surface area contributed by atoms with Crippen molar-refractivity contribution < 1.29 is 14.0 Å². The van der Waals surface area contributed by atoms with Gasteiger partial charge in [-0.15, -0.1) is 5.10 Å². The molecule has 1 fully saturated rings. The maximum atomic E-state index is 14.3. The lowest BCUT2D eigenvalue weighted by atomic mass is 10.00. The number of amides is 2. The van der Waals surface area contributed by atoms with E-state index in [2.05, 4.69) is 39.6 Å². The van der Waals surface area contributed by atoms with Crippen molar-refractivity contribution >= 4 is 11.8 Å². The number of nitrogens with zero attached hydrogens (tertiary/aromatic N) is 4. The third kappa shape index (κ3) is 5.24. The van der Waals surface area contributed by atoms with Crippen LogP contribution < -0.4 is 5.32 Å². The molecule has 1 aliphatic heterocycles. The minimum Gasteiger partial charge on any atom is -0.342 e. The second-order valence-corrected chi connectivity index (χ2v) is 8.58. The number of carbonyl (C=O) groups excluding carboxylic acids is 2. The van der Waals surface area contributed by atoms with Crippen LogP contribution in [0.3, 0.4) is 0 Å². The predicted molar refractivity (Wildman–Crippen MR) is 120 cm³/mol. The van der Waals surface area contributed by atoms with Crippen LogP contribution >= 0.6 is 0 Å². The highest BCUT2D eigenvalue weighted by Crippen LogP contribution is 2.26. The lowest BCUT2D eigenvalue weighted by molar-refractivity contribution is -0.138. The van der Waals surface area contributed by atoms with E-state index in [4.69, 9.17) is 0 Å². The van der Waals surface area contributed by atoms with Crippen molar-refractivity contribution in [3.8, 4) is 0 Å². The maximum Gasteiger partial charge on any atom is 0.243 e. The second kappa shape index (κ2) is 9.89. The third-order valence-electron chi connectivity index (χ3n) is 5.87. The van der Waals surface area contributed by atoms with Crippen molar-refractivity contribution in [2.75, 3.05) is 6.54 Å². The number of hydrogen-bond acceptors (Lipinski definition) is 5. The Morgan fingerprint density at radius 3 is 2.58 bits per heavy atom. The first-order valence-electron chi connectivity index (χ1n) is 11.0. The molecule has 9 heteroatoms. The summed E-state index contributed by atoms with van der Waals surface area (Å²) >= 11 is 0. The molecule has 2 aromatic heterocycles. The van der Waals surface area contributed by atoms with Gasteiger partial charge in [-0.05, 0) is 23.1 Å². The molecule has 0 unspecified atom stereocenters. The lowest BCUT2D eigenvalue weighted by Gasteiger charge is -2.26. The molecular formula is C24H27FN6O2. The first-order valence-corrected chi connectivity index (χ1v) is 11.0. The summed E-state index contributed by atoms with van der Waals surface area (Å²) in [5.74, 6) is -0.423. The summed E-state index contributed by atoms with van der Waals surface area (Å²) in [6.45, 7) is 4.06. The lowest BCUT2D eigenvalue weighted by Crippen LogP contribution is -2.47. The van der Waals surface area contributed by atoms with Crippen molar-refractivity contribution in [1.82, 2.24) is 30.6 Å². The van der Waals surface area contributed by atoms with Gasteiger partial charge in [0.25, 0.3) is 0 Å². The predicted octanol–water partition coefficient (Wildman–Crippen LogP) is 2.71. The highest BCUT2D eigenvalue weighted by Gasteiger charge is 2.40. The van der Waals surface area contributed by atoms with E-state index in [1.54, 1.807) is 0 Å². The van der Waals surface area contributed by atoms with E-state index in [0.717, 1.165) is 11.1 Å². The molecule has 4 rings (SSSR count). The van der Waals surface area contributed by atoms with E-state index in [0.29, 0.717) is 17.3 Å². The maximum absolute atomic E-state index is 14.3. The summed E-state index contributed by atoms with van der Waals surface area (Å²) < 4.78 is 14.3. The molecule has 1 aromatic carbocycles. The van der Waals surface area contributed by atoms with Crippen LogP contribution in [0.25, 0.3) is 0 Å². The average molecular weight is 451 g/mol. The van der Waals surface area contributed by atoms with E-state index < -0.39 is 24.2 Å². The highest BCUT2D eigenvalue weighted by atomic mass is 19.1. The fourth-order valence-electron chi connectivity index (χ4n) is 4.02. The normalized spacial score (nSPS) is 19.0. The zero-order chi connectivity index (χ0) is 23.4. The smallest absolute Gasteiger partial charge is 0.243 e. The molecule has 0 aliphatic carbocycles. The van der Waals surface area contributed by atoms with Crippen LogP contribution in [0, 0.1) is 0 Å². The molecular weight excluding hydrogens is 423 g/mol. The molecule has 1 aliphatic rings. The quantitative estimate of drug-likeness (QED) is 0.576. The molecule has 3 aromatic rings. The number of likely N-dealkylation sites (tertiary alicyclic amines) is 1. The van der Waals surface area contributed by atoms with Gasteiger partial charge in [0.2, 0.25) is 11.8 Å². The molecule has 0 bridgehead atoms. The number of benzene rings is 1. The number of hydrogen-bond donors (Lipinski definition) is 2. The molecule has 172 valence electrons. The van der Waals surface area contributed by atoms with Crippen LogP contribution in [0.2, 0.25) is 0 Å².